The Morgan fingerprint density at radius 3 is 2.58 bits per heavy atom. The van der Waals surface area contributed by atoms with Crippen LogP contribution >= 0.6 is 11.8 Å². The van der Waals surface area contributed by atoms with E-state index in [1.807, 2.05) is 0 Å². The molecule has 0 aliphatic carbocycles. The monoisotopic (exact) mass is 287 g/mol. The number of benzene rings is 1. The van der Waals surface area contributed by atoms with Crippen LogP contribution in [-0.2, 0) is 6.18 Å². The lowest BCUT2D eigenvalue weighted by molar-refractivity contribution is -0.136. The Morgan fingerprint density at radius 1 is 1.37 bits per heavy atom. The highest BCUT2D eigenvalue weighted by Crippen LogP contribution is 2.38. The molecule has 3 nitrogen and oxygen atoms in total. The quantitative estimate of drug-likeness (QED) is 0.856. The summed E-state index contributed by atoms with van der Waals surface area (Å²) in [5.41, 5.74) is -1.83. The van der Waals surface area contributed by atoms with Crippen LogP contribution in [0.4, 0.5) is 13.2 Å². The maximum absolute atomic E-state index is 13.1. The predicted molar refractivity (Wildman–Crippen MR) is 65.5 cm³/mol. The third-order valence-electron chi connectivity index (χ3n) is 2.59. The zero-order valence-electron chi connectivity index (χ0n) is 9.65. The second kappa shape index (κ2) is 4.73. The molecule has 0 atom stereocenters. The molecule has 1 heterocycles. The Bertz CT molecular complexity index is 655. The number of nitrogens with zero attached hydrogens (tertiary/aromatic N) is 1. The molecular formula is C12H8F3NO2S. The van der Waals surface area contributed by atoms with E-state index in [0.29, 0.717) is 4.90 Å². The number of aromatic nitrogens is 1. The lowest BCUT2D eigenvalue weighted by Gasteiger charge is -2.14. The summed E-state index contributed by atoms with van der Waals surface area (Å²) in [6, 6.07) is 4.33. The zero-order valence-corrected chi connectivity index (χ0v) is 10.5. The number of carboxylic acids is 1. The minimum absolute atomic E-state index is 0.160. The lowest BCUT2D eigenvalue weighted by atomic mass is 10.0. The molecule has 0 amide bonds. The van der Waals surface area contributed by atoms with E-state index in [1.165, 1.54) is 23.9 Å². The summed E-state index contributed by atoms with van der Waals surface area (Å²) < 4.78 is 39.2. The molecule has 2 aromatic rings. The zero-order chi connectivity index (χ0) is 14.2. The van der Waals surface area contributed by atoms with Crippen molar-refractivity contribution >= 4 is 28.6 Å². The van der Waals surface area contributed by atoms with Crippen LogP contribution in [0.3, 0.4) is 0 Å². The first-order chi connectivity index (χ1) is 8.86. The molecule has 0 bridgehead atoms. The number of aromatic carboxylic acids is 1. The highest BCUT2D eigenvalue weighted by molar-refractivity contribution is 7.98. The molecule has 0 aliphatic heterocycles. The molecule has 2 rings (SSSR count). The van der Waals surface area contributed by atoms with E-state index in [4.69, 9.17) is 5.11 Å². The van der Waals surface area contributed by atoms with Crippen molar-refractivity contribution in [2.24, 2.45) is 0 Å². The van der Waals surface area contributed by atoms with Crippen molar-refractivity contribution in [3.05, 3.63) is 35.5 Å². The van der Waals surface area contributed by atoms with Gasteiger partial charge in [-0.25, -0.2) is 4.79 Å². The van der Waals surface area contributed by atoms with Crippen molar-refractivity contribution in [3.63, 3.8) is 0 Å². The number of carboxylic acid groups (broad SMARTS) is 1. The summed E-state index contributed by atoms with van der Waals surface area (Å²) in [7, 11) is 0. The van der Waals surface area contributed by atoms with Crippen molar-refractivity contribution in [2.45, 2.75) is 11.1 Å². The topological polar surface area (TPSA) is 50.2 Å². The number of rotatable bonds is 2. The van der Waals surface area contributed by atoms with Gasteiger partial charge in [0, 0.05) is 16.5 Å². The Labute approximate surface area is 110 Å². The van der Waals surface area contributed by atoms with Gasteiger partial charge in [0.15, 0.2) is 0 Å². The summed E-state index contributed by atoms with van der Waals surface area (Å²) in [6.07, 6.45) is -2.27. The van der Waals surface area contributed by atoms with Gasteiger partial charge >= 0.3 is 12.1 Å². The summed E-state index contributed by atoms with van der Waals surface area (Å²) in [5.74, 6) is -1.64. The van der Waals surface area contributed by atoms with E-state index < -0.39 is 23.3 Å². The Balaban J connectivity index is 2.93. The molecule has 0 unspecified atom stereocenters. The SMILES string of the molecule is CSc1cccc2c(C(F)(F)F)c(C(=O)O)cnc12. The van der Waals surface area contributed by atoms with Gasteiger partial charge in [-0.1, -0.05) is 12.1 Å². The van der Waals surface area contributed by atoms with Crippen LogP contribution in [0.2, 0.25) is 0 Å². The molecule has 7 heteroatoms. The number of thioether (sulfide) groups is 1. The smallest absolute Gasteiger partial charge is 0.417 e. The first-order valence-corrected chi connectivity index (χ1v) is 6.35. The van der Waals surface area contributed by atoms with Gasteiger partial charge in [-0.15, -0.1) is 11.8 Å². The Morgan fingerprint density at radius 2 is 2.05 bits per heavy atom. The van der Waals surface area contributed by atoms with Crippen molar-refractivity contribution in [3.8, 4) is 0 Å². The van der Waals surface area contributed by atoms with Gasteiger partial charge in [-0.2, -0.15) is 13.2 Å². The molecule has 1 aromatic heterocycles. The fourth-order valence-electron chi connectivity index (χ4n) is 1.83. The molecule has 100 valence electrons. The maximum atomic E-state index is 13.1. The highest BCUT2D eigenvalue weighted by atomic mass is 32.2. The molecule has 1 aromatic carbocycles. The molecule has 19 heavy (non-hydrogen) atoms. The van der Waals surface area contributed by atoms with Gasteiger partial charge in [-0.05, 0) is 12.3 Å². The number of para-hydroxylation sites is 1. The van der Waals surface area contributed by atoms with E-state index in [9.17, 15) is 18.0 Å². The fourth-order valence-corrected chi connectivity index (χ4v) is 2.40. The third kappa shape index (κ3) is 2.37. The normalized spacial score (nSPS) is 11.8. The lowest BCUT2D eigenvalue weighted by Crippen LogP contribution is -2.14. The Kier molecular flexibility index (Phi) is 3.40. The number of pyridine rings is 1. The molecule has 0 aliphatic rings. The highest BCUT2D eigenvalue weighted by Gasteiger charge is 2.38. The molecule has 0 saturated heterocycles. The second-order valence-corrected chi connectivity index (χ2v) is 4.55. The molecular weight excluding hydrogens is 279 g/mol. The number of carbonyl (C=O) groups is 1. The van der Waals surface area contributed by atoms with Gasteiger partial charge in [0.1, 0.15) is 0 Å². The van der Waals surface area contributed by atoms with E-state index >= 15 is 0 Å². The van der Waals surface area contributed by atoms with Crippen molar-refractivity contribution in [2.75, 3.05) is 6.26 Å². The molecule has 1 N–H and O–H groups in total. The first kappa shape index (κ1) is 13.7. The van der Waals surface area contributed by atoms with Gasteiger partial charge < -0.3 is 5.11 Å². The number of halogens is 3. The third-order valence-corrected chi connectivity index (χ3v) is 3.36. The summed E-state index contributed by atoms with van der Waals surface area (Å²) in [5, 5.41) is 8.67. The summed E-state index contributed by atoms with van der Waals surface area (Å²) in [4.78, 5) is 15.3. The van der Waals surface area contributed by atoms with Gasteiger partial charge in [-0.3, -0.25) is 4.98 Å². The molecule has 0 radical (unpaired) electrons. The minimum atomic E-state index is -4.74. The Hall–Kier alpha value is -1.76. The number of hydrogen-bond donors (Lipinski definition) is 1. The van der Waals surface area contributed by atoms with Crippen LogP contribution in [0.5, 0.6) is 0 Å². The molecule has 0 saturated carbocycles. The van der Waals surface area contributed by atoms with Crippen molar-refractivity contribution < 1.29 is 23.1 Å². The summed E-state index contributed by atoms with van der Waals surface area (Å²) >= 11 is 1.25. The van der Waals surface area contributed by atoms with Crippen molar-refractivity contribution in [1.82, 2.24) is 4.98 Å². The van der Waals surface area contributed by atoms with Crippen LogP contribution in [0.15, 0.2) is 29.3 Å². The summed E-state index contributed by atoms with van der Waals surface area (Å²) in [6.45, 7) is 0. The molecule has 0 spiro atoms. The number of alkyl halides is 3. The van der Waals surface area contributed by atoms with Crippen LogP contribution in [0, 0.1) is 0 Å². The average Bonchev–Trinajstić information content (AvgIpc) is 2.35. The van der Waals surface area contributed by atoms with Crippen LogP contribution in [0.25, 0.3) is 10.9 Å². The largest absolute Gasteiger partial charge is 0.478 e. The van der Waals surface area contributed by atoms with Crippen molar-refractivity contribution in [1.29, 1.82) is 0 Å². The van der Waals surface area contributed by atoms with E-state index in [0.717, 1.165) is 6.20 Å². The van der Waals surface area contributed by atoms with E-state index in [-0.39, 0.29) is 10.9 Å². The number of fused-ring (bicyclic) bond motifs is 1. The van der Waals surface area contributed by atoms with Gasteiger partial charge in [0.2, 0.25) is 0 Å². The second-order valence-electron chi connectivity index (χ2n) is 3.71. The van der Waals surface area contributed by atoms with Crippen LogP contribution in [0.1, 0.15) is 15.9 Å². The minimum Gasteiger partial charge on any atom is -0.478 e. The predicted octanol–water partition coefficient (Wildman–Crippen LogP) is 3.67. The standard InChI is InChI=1S/C12H8F3NO2S/c1-19-8-4-2-3-6-9(12(13,14)15)7(11(17)18)5-16-10(6)8/h2-5H,1H3,(H,17,18). The van der Waals surface area contributed by atoms with Gasteiger partial charge in [0.25, 0.3) is 0 Å². The van der Waals surface area contributed by atoms with E-state index in [1.54, 1.807) is 12.3 Å². The van der Waals surface area contributed by atoms with Gasteiger partial charge in [0.05, 0.1) is 16.6 Å². The molecule has 0 fully saturated rings. The average molecular weight is 287 g/mol. The van der Waals surface area contributed by atoms with Crippen LogP contribution in [-0.4, -0.2) is 22.3 Å². The van der Waals surface area contributed by atoms with E-state index in [2.05, 4.69) is 4.98 Å². The first-order valence-electron chi connectivity index (χ1n) is 5.12. The maximum Gasteiger partial charge on any atom is 0.417 e. The fraction of sp³-hybridized carbons (Fsp3) is 0.167. The van der Waals surface area contributed by atoms with Crippen LogP contribution < -0.4 is 0 Å². The number of hydrogen-bond acceptors (Lipinski definition) is 3.